The Balaban J connectivity index is 2.89. The smallest absolute Gasteiger partial charge is 0.310 e. The first-order chi connectivity index (χ1) is 6.67. The molecule has 0 saturated heterocycles. The van der Waals surface area contributed by atoms with E-state index in [1.54, 1.807) is 19.4 Å². The van der Waals surface area contributed by atoms with Gasteiger partial charge in [-0.15, -0.1) is 0 Å². The zero-order valence-corrected chi connectivity index (χ0v) is 9.50. The summed E-state index contributed by atoms with van der Waals surface area (Å²) in [5.41, 5.74) is 0.746. The lowest BCUT2D eigenvalue weighted by Crippen LogP contribution is -2.05. The van der Waals surface area contributed by atoms with Crippen LogP contribution in [-0.2, 0) is 16.0 Å². The molecule has 1 aromatic rings. The van der Waals surface area contributed by atoms with Gasteiger partial charge in [-0.3, -0.25) is 4.79 Å². The first kappa shape index (κ1) is 11.0. The van der Waals surface area contributed by atoms with Gasteiger partial charge in [-0.25, -0.2) is 4.98 Å². The molecule has 1 rings (SSSR count). The largest absolute Gasteiger partial charge is 0.495 e. The summed E-state index contributed by atoms with van der Waals surface area (Å²) < 4.78 is 10.2. The zero-order valence-electron chi connectivity index (χ0n) is 7.91. The third-order valence-electron chi connectivity index (χ3n) is 1.68. The fourth-order valence-electron chi connectivity index (χ4n) is 0.935. The minimum absolute atomic E-state index is 0.182. The molecule has 0 fully saturated rings. The molecular formula is C9H10BrNO3. The highest BCUT2D eigenvalue weighted by Gasteiger charge is 2.08. The molecule has 1 heterocycles. The van der Waals surface area contributed by atoms with Gasteiger partial charge in [0.25, 0.3) is 0 Å². The van der Waals surface area contributed by atoms with Crippen LogP contribution >= 0.6 is 15.9 Å². The summed E-state index contributed by atoms with van der Waals surface area (Å²) in [5, 5.41) is 0. The highest BCUT2D eigenvalue weighted by atomic mass is 79.9. The number of rotatable bonds is 3. The van der Waals surface area contributed by atoms with Crippen LogP contribution in [0.2, 0.25) is 0 Å². The molecule has 0 saturated carbocycles. The van der Waals surface area contributed by atoms with E-state index in [2.05, 4.69) is 25.7 Å². The summed E-state index contributed by atoms with van der Waals surface area (Å²) >= 11 is 3.24. The van der Waals surface area contributed by atoms with Gasteiger partial charge in [0.2, 0.25) is 0 Å². The number of nitrogens with zero attached hydrogens (tertiary/aromatic N) is 1. The number of ether oxygens (including phenoxy) is 2. The summed E-state index contributed by atoms with van der Waals surface area (Å²) in [6.07, 6.45) is 1.76. The maximum Gasteiger partial charge on any atom is 0.310 e. The Hall–Kier alpha value is -1.10. The quantitative estimate of drug-likeness (QED) is 0.611. The van der Waals surface area contributed by atoms with Gasteiger partial charge in [0, 0.05) is 0 Å². The number of halogens is 1. The van der Waals surface area contributed by atoms with E-state index < -0.39 is 0 Å². The van der Waals surface area contributed by atoms with Crippen molar-refractivity contribution in [2.24, 2.45) is 0 Å². The zero-order chi connectivity index (χ0) is 10.6. The second kappa shape index (κ2) is 4.95. The van der Waals surface area contributed by atoms with Crippen molar-refractivity contribution in [1.82, 2.24) is 4.98 Å². The van der Waals surface area contributed by atoms with Gasteiger partial charge < -0.3 is 9.47 Å². The molecule has 0 unspecified atom stereocenters. The Kier molecular flexibility index (Phi) is 3.88. The van der Waals surface area contributed by atoms with Gasteiger partial charge in [-0.1, -0.05) is 0 Å². The topological polar surface area (TPSA) is 48.4 Å². The van der Waals surface area contributed by atoms with Crippen LogP contribution in [0, 0.1) is 0 Å². The lowest BCUT2D eigenvalue weighted by molar-refractivity contribution is -0.139. The molecular weight excluding hydrogens is 250 g/mol. The van der Waals surface area contributed by atoms with E-state index in [0.717, 1.165) is 5.56 Å². The molecule has 5 heteroatoms. The molecule has 0 radical (unpaired) electrons. The van der Waals surface area contributed by atoms with E-state index in [9.17, 15) is 4.79 Å². The minimum Gasteiger partial charge on any atom is -0.495 e. The molecule has 0 spiro atoms. The van der Waals surface area contributed by atoms with Gasteiger partial charge in [-0.05, 0) is 27.6 Å². The van der Waals surface area contributed by atoms with Gasteiger partial charge in [0.05, 0.1) is 26.8 Å². The van der Waals surface area contributed by atoms with Crippen molar-refractivity contribution in [3.05, 3.63) is 22.4 Å². The summed E-state index contributed by atoms with van der Waals surface area (Å²) in [6, 6.07) is 1.74. The van der Waals surface area contributed by atoms with Crippen LogP contribution in [-0.4, -0.2) is 25.2 Å². The van der Waals surface area contributed by atoms with Crippen LogP contribution in [0.1, 0.15) is 5.56 Å². The fourth-order valence-corrected chi connectivity index (χ4v) is 1.29. The first-order valence-corrected chi connectivity index (χ1v) is 4.72. The number of carbonyl (C=O) groups excluding carboxylic acids is 1. The molecule has 4 nitrogen and oxygen atoms in total. The Labute approximate surface area is 90.4 Å². The van der Waals surface area contributed by atoms with Gasteiger partial charge in [0.15, 0.2) is 0 Å². The van der Waals surface area contributed by atoms with Gasteiger partial charge in [0.1, 0.15) is 10.4 Å². The Morgan fingerprint density at radius 2 is 2.29 bits per heavy atom. The maximum atomic E-state index is 11.0. The van der Waals surface area contributed by atoms with Crippen molar-refractivity contribution in [1.29, 1.82) is 0 Å². The molecule has 0 atom stereocenters. The second-order valence-electron chi connectivity index (χ2n) is 2.58. The first-order valence-electron chi connectivity index (χ1n) is 3.92. The highest BCUT2D eigenvalue weighted by molar-refractivity contribution is 9.10. The van der Waals surface area contributed by atoms with Crippen molar-refractivity contribution < 1.29 is 14.3 Å². The van der Waals surface area contributed by atoms with Gasteiger partial charge >= 0.3 is 5.97 Å². The van der Waals surface area contributed by atoms with Crippen LogP contribution in [0.25, 0.3) is 0 Å². The van der Waals surface area contributed by atoms with Crippen LogP contribution in [0.15, 0.2) is 16.9 Å². The Morgan fingerprint density at radius 1 is 1.57 bits per heavy atom. The average Bonchev–Trinajstić information content (AvgIpc) is 2.21. The molecule has 0 N–H and O–H groups in total. The van der Waals surface area contributed by atoms with Crippen molar-refractivity contribution in [3.8, 4) is 5.75 Å². The van der Waals surface area contributed by atoms with Crippen LogP contribution in [0.3, 0.4) is 0 Å². The van der Waals surface area contributed by atoms with Crippen LogP contribution < -0.4 is 4.74 Å². The second-order valence-corrected chi connectivity index (χ2v) is 3.33. The molecule has 0 aliphatic carbocycles. The molecule has 0 amide bonds. The number of hydrogen-bond acceptors (Lipinski definition) is 4. The maximum absolute atomic E-state index is 11.0. The standard InChI is InChI=1S/C9H10BrNO3/c1-13-7-3-6(4-8(12)14-2)9(10)11-5-7/h3,5H,4H2,1-2H3. The molecule has 0 bridgehead atoms. The summed E-state index contributed by atoms with van der Waals surface area (Å²) in [5.74, 6) is 0.313. The van der Waals surface area contributed by atoms with E-state index >= 15 is 0 Å². The van der Waals surface area contributed by atoms with E-state index in [4.69, 9.17) is 4.74 Å². The van der Waals surface area contributed by atoms with E-state index in [-0.39, 0.29) is 12.4 Å². The number of methoxy groups -OCH3 is 2. The minimum atomic E-state index is -0.305. The van der Waals surface area contributed by atoms with Gasteiger partial charge in [-0.2, -0.15) is 0 Å². The van der Waals surface area contributed by atoms with Crippen molar-refractivity contribution >= 4 is 21.9 Å². The third kappa shape index (κ3) is 2.70. The van der Waals surface area contributed by atoms with Crippen molar-refractivity contribution in [2.75, 3.05) is 14.2 Å². The third-order valence-corrected chi connectivity index (χ3v) is 2.40. The SMILES string of the molecule is COC(=O)Cc1cc(OC)cnc1Br. The highest BCUT2D eigenvalue weighted by Crippen LogP contribution is 2.19. The lowest BCUT2D eigenvalue weighted by atomic mass is 10.2. The summed E-state index contributed by atoms with van der Waals surface area (Å²) in [6.45, 7) is 0. The summed E-state index contributed by atoms with van der Waals surface area (Å²) in [4.78, 5) is 15.0. The Morgan fingerprint density at radius 3 is 2.86 bits per heavy atom. The number of carbonyl (C=O) groups is 1. The number of aromatic nitrogens is 1. The van der Waals surface area contributed by atoms with Crippen LogP contribution in [0.4, 0.5) is 0 Å². The monoisotopic (exact) mass is 259 g/mol. The molecule has 0 aliphatic heterocycles. The van der Waals surface area contributed by atoms with E-state index in [1.807, 2.05) is 0 Å². The number of esters is 1. The molecule has 0 aliphatic rings. The molecule has 1 aromatic heterocycles. The predicted octanol–water partition coefficient (Wildman–Crippen LogP) is 1.57. The molecule has 0 aromatic carbocycles. The summed E-state index contributed by atoms with van der Waals surface area (Å²) in [7, 11) is 2.90. The van der Waals surface area contributed by atoms with Crippen molar-refractivity contribution in [3.63, 3.8) is 0 Å². The van der Waals surface area contributed by atoms with E-state index in [0.29, 0.717) is 10.4 Å². The van der Waals surface area contributed by atoms with Crippen LogP contribution in [0.5, 0.6) is 5.75 Å². The number of hydrogen-bond donors (Lipinski definition) is 0. The predicted molar refractivity (Wildman–Crippen MR) is 54.2 cm³/mol. The van der Waals surface area contributed by atoms with E-state index in [1.165, 1.54) is 7.11 Å². The normalized spacial score (nSPS) is 9.64. The fraction of sp³-hybridized carbons (Fsp3) is 0.333. The molecule has 14 heavy (non-hydrogen) atoms. The Bertz CT molecular complexity index is 341. The lowest BCUT2D eigenvalue weighted by Gasteiger charge is -2.04. The van der Waals surface area contributed by atoms with Crippen molar-refractivity contribution in [2.45, 2.75) is 6.42 Å². The number of pyridine rings is 1. The molecule has 76 valence electrons. The average molecular weight is 260 g/mol.